The lowest BCUT2D eigenvalue weighted by molar-refractivity contribution is -0.171. The molecule has 3 fully saturated rings. The van der Waals surface area contributed by atoms with Crippen molar-refractivity contribution >= 4 is 43.6 Å². The van der Waals surface area contributed by atoms with Gasteiger partial charge in [0.05, 0.1) is 18.2 Å². The molecular weight excluding hydrogens is 578 g/mol. The molecule has 0 bridgehead atoms. The van der Waals surface area contributed by atoms with Gasteiger partial charge in [-0.25, -0.2) is 13.5 Å². The van der Waals surface area contributed by atoms with Crippen LogP contribution in [0.1, 0.15) is 25.5 Å². The second kappa shape index (κ2) is 9.95. The van der Waals surface area contributed by atoms with E-state index < -0.39 is 58.2 Å². The van der Waals surface area contributed by atoms with Crippen molar-refractivity contribution in [3.05, 3.63) is 11.5 Å². The van der Waals surface area contributed by atoms with Crippen molar-refractivity contribution in [3.63, 3.8) is 0 Å². The lowest BCUT2D eigenvalue weighted by atomic mass is 9.93. The van der Waals surface area contributed by atoms with Crippen LogP contribution in [-0.2, 0) is 18.4 Å². The molecule has 5 rings (SSSR count). The molecule has 2 aromatic heterocycles. The Kier molecular flexibility index (Phi) is 7.39. The number of aliphatic hydroxyl groups excluding tert-OH is 1. The third kappa shape index (κ3) is 5.12. The zero-order chi connectivity index (χ0) is 27.6. The number of alkyl halides is 2. The van der Waals surface area contributed by atoms with Gasteiger partial charge in [0, 0.05) is 13.1 Å². The minimum atomic E-state index is -5.00. The van der Waals surface area contributed by atoms with Gasteiger partial charge in [0.1, 0.15) is 18.0 Å². The maximum atomic E-state index is 14.0. The maximum Gasteiger partial charge on any atom is 0.340 e. The van der Waals surface area contributed by atoms with Gasteiger partial charge in [-0.1, -0.05) is 6.42 Å². The Labute approximate surface area is 219 Å². The second-order valence-corrected chi connectivity index (χ2v) is 14.2. The molecule has 2 aliphatic heterocycles. The third-order valence-electron chi connectivity index (χ3n) is 7.38. The maximum absolute atomic E-state index is 14.0. The fourth-order valence-electron chi connectivity index (χ4n) is 5.58. The Balaban J connectivity index is 1.44. The van der Waals surface area contributed by atoms with Crippen molar-refractivity contribution in [2.75, 3.05) is 30.5 Å². The van der Waals surface area contributed by atoms with Crippen LogP contribution in [0.2, 0.25) is 5.28 Å². The quantitative estimate of drug-likeness (QED) is 0.214. The van der Waals surface area contributed by atoms with E-state index in [1.54, 1.807) is 0 Å². The van der Waals surface area contributed by atoms with Gasteiger partial charge in [-0.3, -0.25) is 9.13 Å². The number of aliphatic hydroxyl groups is 2. The summed E-state index contributed by atoms with van der Waals surface area (Å²) in [4.78, 5) is 38.1. The van der Waals surface area contributed by atoms with Crippen LogP contribution >= 0.6 is 26.8 Å². The fraction of sp³-hybridized carbons (Fsp3) is 0.737. The van der Waals surface area contributed by atoms with Gasteiger partial charge in [-0.15, -0.1) is 0 Å². The smallest absolute Gasteiger partial charge is 0.340 e. The van der Waals surface area contributed by atoms with Gasteiger partial charge in [0.2, 0.25) is 5.28 Å². The molecule has 7 atom stereocenters. The van der Waals surface area contributed by atoms with Crippen molar-refractivity contribution in [2.45, 2.75) is 49.7 Å². The highest BCUT2D eigenvalue weighted by Crippen LogP contribution is 2.56. The van der Waals surface area contributed by atoms with E-state index in [4.69, 9.17) is 26.1 Å². The number of aromatic nitrogens is 4. The van der Waals surface area contributed by atoms with Gasteiger partial charge in [-0.2, -0.15) is 15.1 Å². The molecule has 4 heterocycles. The van der Waals surface area contributed by atoms with Crippen molar-refractivity contribution in [1.82, 2.24) is 19.7 Å². The summed E-state index contributed by atoms with van der Waals surface area (Å²) >= 11 is 6.18. The zero-order valence-corrected chi connectivity index (χ0v) is 22.2. The highest BCUT2D eigenvalue weighted by atomic mass is 35.5. The predicted octanol–water partition coefficient (Wildman–Crippen LogP) is 1.31. The molecule has 1 unspecified atom stereocenters. The molecule has 5 N–H and O–H groups in total. The Morgan fingerprint density at radius 1 is 1.21 bits per heavy atom. The molecule has 19 heteroatoms. The minimum absolute atomic E-state index is 0.0358. The van der Waals surface area contributed by atoms with Crippen molar-refractivity contribution in [3.8, 4) is 0 Å². The van der Waals surface area contributed by atoms with Crippen molar-refractivity contribution < 1.29 is 52.1 Å². The van der Waals surface area contributed by atoms with E-state index in [0.717, 1.165) is 30.6 Å². The van der Waals surface area contributed by atoms with E-state index in [0.29, 0.717) is 23.0 Å². The van der Waals surface area contributed by atoms with E-state index in [1.165, 1.54) is 12.6 Å². The van der Waals surface area contributed by atoms with Crippen LogP contribution in [0, 0.1) is 11.8 Å². The Hall–Kier alpha value is -1.32. The van der Waals surface area contributed by atoms with Crippen LogP contribution < -0.4 is 4.90 Å². The summed E-state index contributed by atoms with van der Waals surface area (Å²) in [7, 11) is -9.97. The molecule has 0 aromatic carbocycles. The summed E-state index contributed by atoms with van der Waals surface area (Å²) in [5.41, 5.74) is -3.26. The highest BCUT2D eigenvalue weighted by Gasteiger charge is 2.62. The van der Waals surface area contributed by atoms with E-state index in [9.17, 15) is 33.0 Å². The first-order valence-electron chi connectivity index (χ1n) is 11.7. The molecule has 0 amide bonds. The number of rotatable bonds is 8. The summed E-state index contributed by atoms with van der Waals surface area (Å²) in [6.45, 7) is 0.307. The molecule has 0 radical (unpaired) electrons. The lowest BCUT2D eigenvalue weighted by Crippen LogP contribution is -2.55. The molecule has 38 heavy (non-hydrogen) atoms. The van der Waals surface area contributed by atoms with Gasteiger partial charge in [0.15, 0.2) is 23.4 Å². The van der Waals surface area contributed by atoms with Crippen LogP contribution in [0.3, 0.4) is 0 Å². The molecule has 0 spiro atoms. The van der Waals surface area contributed by atoms with Gasteiger partial charge in [0.25, 0.3) is 6.43 Å². The fourth-order valence-corrected chi connectivity index (χ4v) is 8.30. The van der Waals surface area contributed by atoms with Crippen molar-refractivity contribution in [2.24, 2.45) is 11.8 Å². The first-order chi connectivity index (χ1) is 17.7. The average molecular weight is 604 g/mol. The largest absolute Gasteiger partial charge is 0.385 e. The zero-order valence-electron chi connectivity index (χ0n) is 19.6. The van der Waals surface area contributed by atoms with Crippen molar-refractivity contribution in [1.29, 1.82) is 0 Å². The normalized spacial score (nSPS) is 33.4. The number of ether oxygens (including phenoxy) is 1. The number of fused-ring (bicyclic) bond motifs is 2. The topological polar surface area (TPSA) is 201 Å². The summed E-state index contributed by atoms with van der Waals surface area (Å²) in [5, 5.41) is 25.8. The van der Waals surface area contributed by atoms with Gasteiger partial charge >= 0.3 is 15.2 Å². The van der Waals surface area contributed by atoms with E-state index >= 15 is 0 Å². The number of halogens is 3. The van der Waals surface area contributed by atoms with Gasteiger partial charge in [-0.05, 0) is 36.3 Å². The molecule has 212 valence electrons. The molecule has 1 saturated carbocycles. The van der Waals surface area contributed by atoms with Crippen LogP contribution in [0.15, 0.2) is 6.20 Å². The first-order valence-corrected chi connectivity index (χ1v) is 15.6. The predicted molar refractivity (Wildman–Crippen MR) is 127 cm³/mol. The Bertz CT molecular complexity index is 1300. The highest BCUT2D eigenvalue weighted by molar-refractivity contribution is 7.70. The molecule has 3 aliphatic rings. The summed E-state index contributed by atoms with van der Waals surface area (Å²) in [6.07, 6.45) is -5.04. The van der Waals surface area contributed by atoms with E-state index in [-0.39, 0.29) is 10.9 Å². The lowest BCUT2D eigenvalue weighted by Gasteiger charge is -2.30. The average Bonchev–Trinajstić information content (AvgIpc) is 3.54. The van der Waals surface area contributed by atoms with Crippen LogP contribution in [-0.4, -0.2) is 94.5 Å². The van der Waals surface area contributed by atoms with E-state index in [1.807, 2.05) is 4.90 Å². The standard InChI is InChI=1S/C19H26ClF2N5O9P2/c20-18-24-14(26-5-9-2-1-3-10(9)6-26)11-4-23-27(15(11)25-18)16-13(28)19(29,17(21)22)12(36-16)7-35-38(33,34)8-37(30,31)32/h4,9-10,12-13,16-17,28-29H,1-3,5-8H2,(H,33,34)(H2,30,31,32)/t9-,10+,12-,13+,16-,19-/m1/s1. The monoisotopic (exact) mass is 603 g/mol. The summed E-state index contributed by atoms with van der Waals surface area (Å²) in [6, 6.07) is 0. The number of nitrogens with zero attached hydrogens (tertiary/aromatic N) is 5. The molecule has 14 nitrogen and oxygen atoms in total. The number of hydrogen-bond acceptors (Lipinski definition) is 10. The Morgan fingerprint density at radius 2 is 1.87 bits per heavy atom. The second-order valence-electron chi connectivity index (χ2n) is 9.89. The molecule has 1 aliphatic carbocycles. The van der Waals surface area contributed by atoms with Crippen LogP contribution in [0.25, 0.3) is 11.0 Å². The summed E-state index contributed by atoms with van der Waals surface area (Å²) in [5.74, 6) is -0.0605. The first kappa shape index (κ1) is 28.2. The Morgan fingerprint density at radius 3 is 2.47 bits per heavy atom. The van der Waals surface area contributed by atoms with Crippen LogP contribution in [0.4, 0.5) is 14.6 Å². The SMILES string of the molecule is O=P(O)(O)CP(=O)(O)OC[C@H]1O[C@@H](n2ncc3c(N4C[C@H]5CCC[C@H]5C4)nc(Cl)nc32)[C@H](O)[C@@]1(O)C(F)F. The van der Waals surface area contributed by atoms with Crippen LogP contribution in [0.5, 0.6) is 0 Å². The molecule has 2 saturated heterocycles. The van der Waals surface area contributed by atoms with Gasteiger partial charge < -0.3 is 39.1 Å². The number of anilines is 1. The third-order valence-corrected chi connectivity index (χ3v) is 11.0. The minimum Gasteiger partial charge on any atom is -0.385 e. The molecular formula is C19H26ClF2N5O9P2. The summed E-state index contributed by atoms with van der Waals surface area (Å²) < 4.78 is 62.1. The number of hydrogen-bond donors (Lipinski definition) is 5. The molecule has 2 aromatic rings. The van der Waals surface area contributed by atoms with E-state index in [2.05, 4.69) is 19.6 Å².